The van der Waals surface area contributed by atoms with E-state index in [2.05, 4.69) is 16.4 Å². The average Bonchev–Trinajstić information content (AvgIpc) is 2.12. The fourth-order valence-corrected chi connectivity index (χ4v) is 1.52. The lowest BCUT2D eigenvalue weighted by atomic mass is 9.95. The first-order valence-electron chi connectivity index (χ1n) is 4.58. The average molecular weight is 178 g/mol. The Morgan fingerprint density at radius 1 is 1.62 bits per heavy atom. The SMILES string of the molecule is COc1cc(CC2CNC2)ccn1. The first kappa shape index (κ1) is 8.51. The number of methoxy groups -OCH3 is 1. The highest BCUT2D eigenvalue weighted by Crippen LogP contribution is 2.15. The van der Waals surface area contributed by atoms with Gasteiger partial charge in [-0.3, -0.25) is 0 Å². The predicted molar refractivity (Wildman–Crippen MR) is 50.9 cm³/mol. The summed E-state index contributed by atoms with van der Waals surface area (Å²) < 4.78 is 5.06. The van der Waals surface area contributed by atoms with Gasteiger partial charge in [-0.2, -0.15) is 0 Å². The Kier molecular flexibility index (Phi) is 2.45. The molecule has 3 heteroatoms. The maximum atomic E-state index is 5.06. The lowest BCUT2D eigenvalue weighted by molar-refractivity contribution is 0.345. The van der Waals surface area contributed by atoms with Crippen molar-refractivity contribution in [3.63, 3.8) is 0 Å². The second-order valence-corrected chi connectivity index (χ2v) is 3.43. The molecule has 1 aliphatic heterocycles. The molecular weight excluding hydrogens is 164 g/mol. The Morgan fingerprint density at radius 3 is 3.08 bits per heavy atom. The van der Waals surface area contributed by atoms with Gasteiger partial charge in [-0.05, 0) is 37.1 Å². The molecule has 0 aromatic carbocycles. The lowest BCUT2D eigenvalue weighted by Crippen LogP contribution is -2.43. The van der Waals surface area contributed by atoms with E-state index in [9.17, 15) is 0 Å². The third-order valence-corrected chi connectivity index (χ3v) is 2.40. The summed E-state index contributed by atoms with van der Waals surface area (Å²) in [4.78, 5) is 4.07. The Labute approximate surface area is 78.1 Å². The highest BCUT2D eigenvalue weighted by atomic mass is 16.5. The van der Waals surface area contributed by atoms with Crippen molar-refractivity contribution < 1.29 is 4.74 Å². The van der Waals surface area contributed by atoms with E-state index in [1.54, 1.807) is 13.3 Å². The molecule has 1 aliphatic rings. The summed E-state index contributed by atoms with van der Waals surface area (Å²) in [6.45, 7) is 2.29. The lowest BCUT2D eigenvalue weighted by Gasteiger charge is -2.26. The molecule has 0 unspecified atom stereocenters. The predicted octanol–water partition coefficient (Wildman–Crippen LogP) is 0.852. The fraction of sp³-hybridized carbons (Fsp3) is 0.500. The first-order chi connectivity index (χ1) is 6.38. The van der Waals surface area contributed by atoms with Crippen LogP contribution in [-0.4, -0.2) is 25.2 Å². The largest absolute Gasteiger partial charge is 0.481 e. The van der Waals surface area contributed by atoms with Gasteiger partial charge in [0.25, 0.3) is 0 Å². The van der Waals surface area contributed by atoms with Crippen LogP contribution in [0.5, 0.6) is 5.88 Å². The van der Waals surface area contributed by atoms with E-state index in [0.717, 1.165) is 25.4 Å². The molecule has 1 N–H and O–H groups in total. The minimum Gasteiger partial charge on any atom is -0.481 e. The zero-order chi connectivity index (χ0) is 9.10. The van der Waals surface area contributed by atoms with Gasteiger partial charge in [0.15, 0.2) is 0 Å². The van der Waals surface area contributed by atoms with E-state index in [0.29, 0.717) is 5.88 Å². The van der Waals surface area contributed by atoms with Crippen molar-refractivity contribution in [1.29, 1.82) is 0 Å². The summed E-state index contributed by atoms with van der Waals surface area (Å²) >= 11 is 0. The molecule has 0 saturated carbocycles. The zero-order valence-electron chi connectivity index (χ0n) is 7.79. The van der Waals surface area contributed by atoms with E-state index >= 15 is 0 Å². The van der Waals surface area contributed by atoms with Crippen LogP contribution in [0.2, 0.25) is 0 Å². The smallest absolute Gasteiger partial charge is 0.213 e. The molecule has 0 atom stereocenters. The van der Waals surface area contributed by atoms with Gasteiger partial charge < -0.3 is 10.1 Å². The van der Waals surface area contributed by atoms with E-state index in [4.69, 9.17) is 4.74 Å². The third kappa shape index (κ3) is 1.98. The Bertz CT molecular complexity index is 284. The summed E-state index contributed by atoms with van der Waals surface area (Å²) in [7, 11) is 1.65. The molecule has 0 bridgehead atoms. The minimum atomic E-state index is 0.713. The number of nitrogens with zero attached hydrogens (tertiary/aromatic N) is 1. The maximum Gasteiger partial charge on any atom is 0.213 e. The van der Waals surface area contributed by atoms with Crippen LogP contribution in [0.3, 0.4) is 0 Å². The summed E-state index contributed by atoms with van der Waals surface area (Å²) in [5, 5.41) is 3.26. The summed E-state index contributed by atoms with van der Waals surface area (Å²) in [6.07, 6.45) is 2.94. The number of hydrogen-bond donors (Lipinski definition) is 1. The van der Waals surface area contributed by atoms with Crippen LogP contribution in [0.15, 0.2) is 18.3 Å². The quantitative estimate of drug-likeness (QED) is 0.745. The van der Waals surface area contributed by atoms with Crippen LogP contribution in [0, 0.1) is 5.92 Å². The number of nitrogens with one attached hydrogen (secondary N) is 1. The van der Waals surface area contributed by atoms with E-state index in [1.165, 1.54) is 5.56 Å². The Hall–Kier alpha value is -1.09. The molecule has 0 spiro atoms. The van der Waals surface area contributed by atoms with Gasteiger partial charge >= 0.3 is 0 Å². The maximum absolute atomic E-state index is 5.06. The van der Waals surface area contributed by atoms with Gasteiger partial charge in [0.05, 0.1) is 7.11 Å². The second-order valence-electron chi connectivity index (χ2n) is 3.43. The van der Waals surface area contributed by atoms with E-state index < -0.39 is 0 Å². The third-order valence-electron chi connectivity index (χ3n) is 2.40. The number of rotatable bonds is 3. The highest BCUT2D eigenvalue weighted by molar-refractivity contribution is 5.21. The Balaban J connectivity index is 2.01. The van der Waals surface area contributed by atoms with Gasteiger partial charge in [0.1, 0.15) is 0 Å². The molecule has 3 nitrogen and oxygen atoms in total. The molecule has 1 fully saturated rings. The van der Waals surface area contributed by atoms with Crippen molar-refractivity contribution in [2.75, 3.05) is 20.2 Å². The molecule has 1 aromatic heterocycles. The zero-order valence-corrected chi connectivity index (χ0v) is 7.79. The van der Waals surface area contributed by atoms with Crippen molar-refractivity contribution in [2.24, 2.45) is 5.92 Å². The van der Waals surface area contributed by atoms with Gasteiger partial charge in [0.2, 0.25) is 5.88 Å². The second kappa shape index (κ2) is 3.75. The van der Waals surface area contributed by atoms with Crippen molar-refractivity contribution in [3.8, 4) is 5.88 Å². The molecule has 2 rings (SSSR count). The molecule has 0 radical (unpaired) electrons. The fourth-order valence-electron chi connectivity index (χ4n) is 1.52. The van der Waals surface area contributed by atoms with Crippen molar-refractivity contribution >= 4 is 0 Å². The highest BCUT2D eigenvalue weighted by Gasteiger charge is 2.16. The topological polar surface area (TPSA) is 34.1 Å². The molecule has 70 valence electrons. The van der Waals surface area contributed by atoms with Gasteiger partial charge in [-0.15, -0.1) is 0 Å². The Morgan fingerprint density at radius 2 is 2.46 bits per heavy atom. The molecular formula is C10H14N2O. The first-order valence-corrected chi connectivity index (χ1v) is 4.58. The molecule has 1 aromatic rings. The molecule has 2 heterocycles. The molecule has 0 aliphatic carbocycles. The van der Waals surface area contributed by atoms with Gasteiger partial charge in [-0.1, -0.05) is 0 Å². The van der Waals surface area contributed by atoms with Crippen LogP contribution in [0.1, 0.15) is 5.56 Å². The molecule has 13 heavy (non-hydrogen) atoms. The standard InChI is InChI=1S/C10H14N2O/c1-13-10-5-8(2-3-12-10)4-9-6-11-7-9/h2-3,5,9,11H,4,6-7H2,1H3. The minimum absolute atomic E-state index is 0.713. The molecule has 1 saturated heterocycles. The van der Waals surface area contributed by atoms with Gasteiger partial charge in [0, 0.05) is 12.3 Å². The van der Waals surface area contributed by atoms with Crippen molar-refractivity contribution in [1.82, 2.24) is 10.3 Å². The van der Waals surface area contributed by atoms with Gasteiger partial charge in [-0.25, -0.2) is 4.98 Å². The van der Waals surface area contributed by atoms with Crippen molar-refractivity contribution in [3.05, 3.63) is 23.9 Å². The summed E-state index contributed by atoms with van der Waals surface area (Å²) in [5.41, 5.74) is 1.32. The monoisotopic (exact) mass is 178 g/mol. The summed E-state index contributed by atoms with van der Waals surface area (Å²) in [5.74, 6) is 1.51. The van der Waals surface area contributed by atoms with Crippen LogP contribution in [0.4, 0.5) is 0 Å². The van der Waals surface area contributed by atoms with Crippen LogP contribution in [0.25, 0.3) is 0 Å². The van der Waals surface area contributed by atoms with Crippen LogP contribution in [-0.2, 0) is 6.42 Å². The van der Waals surface area contributed by atoms with Crippen LogP contribution >= 0.6 is 0 Å². The number of aromatic nitrogens is 1. The van der Waals surface area contributed by atoms with E-state index in [-0.39, 0.29) is 0 Å². The summed E-state index contributed by atoms with van der Waals surface area (Å²) in [6, 6.07) is 4.07. The van der Waals surface area contributed by atoms with Crippen molar-refractivity contribution in [2.45, 2.75) is 6.42 Å². The van der Waals surface area contributed by atoms with E-state index in [1.807, 2.05) is 6.07 Å². The van der Waals surface area contributed by atoms with Crippen LogP contribution < -0.4 is 10.1 Å². The number of pyridine rings is 1. The number of ether oxygens (including phenoxy) is 1. The number of hydrogen-bond acceptors (Lipinski definition) is 3. The molecule has 0 amide bonds. The normalized spacial score (nSPS) is 16.7.